The predicted molar refractivity (Wildman–Crippen MR) is 97.4 cm³/mol. The summed E-state index contributed by atoms with van der Waals surface area (Å²) in [4.78, 5) is 4.53. The number of hydrogen-bond donors (Lipinski definition) is 1. The van der Waals surface area contributed by atoms with E-state index in [1.54, 1.807) is 6.26 Å². The van der Waals surface area contributed by atoms with Gasteiger partial charge >= 0.3 is 0 Å². The summed E-state index contributed by atoms with van der Waals surface area (Å²) >= 11 is 1.53. The van der Waals surface area contributed by atoms with Gasteiger partial charge in [-0.25, -0.2) is 0 Å². The molecular formula is C18H16N4O2S. The van der Waals surface area contributed by atoms with Gasteiger partial charge in [-0.2, -0.15) is 4.98 Å². The van der Waals surface area contributed by atoms with Crippen LogP contribution >= 0.6 is 11.8 Å². The molecule has 0 unspecified atom stereocenters. The Labute approximate surface area is 149 Å². The Morgan fingerprint density at radius 2 is 2.12 bits per heavy atom. The van der Waals surface area contributed by atoms with E-state index in [1.807, 2.05) is 55.5 Å². The zero-order valence-corrected chi connectivity index (χ0v) is 14.4. The van der Waals surface area contributed by atoms with Crippen molar-refractivity contribution in [3.05, 3.63) is 54.5 Å². The molecule has 0 aliphatic carbocycles. The van der Waals surface area contributed by atoms with Gasteiger partial charge in [0.15, 0.2) is 11.9 Å². The lowest BCUT2D eigenvalue weighted by Crippen LogP contribution is -2.23. The minimum Gasteiger partial charge on any atom is -0.465 e. The predicted octanol–water partition coefficient (Wildman–Crippen LogP) is 4.09. The van der Waals surface area contributed by atoms with Crippen LogP contribution < -0.4 is 10.1 Å². The summed E-state index contributed by atoms with van der Waals surface area (Å²) in [6.45, 7) is 2.05. The number of ether oxygens (including phenoxy) is 1. The van der Waals surface area contributed by atoms with E-state index in [4.69, 9.17) is 9.15 Å². The standard InChI is InChI=1S/C18H16N4O2S/c1-2-25-18-20-17-16(21-22-18)13-7-3-4-8-14(13)19-15(24-17)10-9-12-6-5-11-23-12/h3-11,15,19H,2H2,1H3/t15-/m0/s1. The molecule has 3 aromatic rings. The Morgan fingerprint density at radius 3 is 2.96 bits per heavy atom. The SMILES string of the molecule is CCSc1nnc2c(n1)O[C@@H](C=Cc1ccco1)Nc1ccccc1-2. The molecule has 6 nitrogen and oxygen atoms in total. The number of aromatic nitrogens is 3. The van der Waals surface area contributed by atoms with Crippen molar-refractivity contribution < 1.29 is 9.15 Å². The molecule has 0 spiro atoms. The molecule has 1 aliphatic rings. The van der Waals surface area contributed by atoms with Crippen molar-refractivity contribution in [1.29, 1.82) is 0 Å². The van der Waals surface area contributed by atoms with Crippen LogP contribution in [0.2, 0.25) is 0 Å². The summed E-state index contributed by atoms with van der Waals surface area (Å²) in [7, 11) is 0. The van der Waals surface area contributed by atoms with E-state index >= 15 is 0 Å². The topological polar surface area (TPSA) is 73.1 Å². The minimum absolute atomic E-state index is 0.399. The van der Waals surface area contributed by atoms with E-state index in [-0.39, 0.29) is 0 Å². The monoisotopic (exact) mass is 352 g/mol. The molecule has 0 bridgehead atoms. The number of fused-ring (bicyclic) bond motifs is 3. The van der Waals surface area contributed by atoms with Crippen LogP contribution in [-0.4, -0.2) is 27.2 Å². The molecule has 1 atom stereocenters. The Balaban J connectivity index is 1.73. The zero-order chi connectivity index (χ0) is 17.1. The third-order valence-corrected chi connectivity index (χ3v) is 4.33. The first-order valence-electron chi connectivity index (χ1n) is 7.95. The summed E-state index contributed by atoms with van der Waals surface area (Å²) < 4.78 is 11.4. The Bertz CT molecular complexity index is 896. The van der Waals surface area contributed by atoms with Gasteiger partial charge in [-0.3, -0.25) is 0 Å². The normalized spacial score (nSPS) is 15.8. The largest absolute Gasteiger partial charge is 0.465 e. The first-order chi connectivity index (χ1) is 12.3. The summed E-state index contributed by atoms with van der Waals surface area (Å²) in [6, 6.07) is 11.6. The maximum atomic E-state index is 6.06. The van der Waals surface area contributed by atoms with Gasteiger partial charge in [0.1, 0.15) is 5.76 Å². The van der Waals surface area contributed by atoms with Gasteiger partial charge in [0.25, 0.3) is 0 Å². The Kier molecular flexibility index (Phi) is 4.39. The highest BCUT2D eigenvalue weighted by molar-refractivity contribution is 7.99. The Hall–Kier alpha value is -2.80. The second kappa shape index (κ2) is 6.98. The van der Waals surface area contributed by atoms with Crippen molar-refractivity contribution in [1.82, 2.24) is 15.2 Å². The molecule has 0 radical (unpaired) electrons. The van der Waals surface area contributed by atoms with Crippen LogP contribution in [0.4, 0.5) is 5.69 Å². The van der Waals surface area contributed by atoms with Gasteiger partial charge in [-0.05, 0) is 36.1 Å². The van der Waals surface area contributed by atoms with Crippen LogP contribution in [0.3, 0.4) is 0 Å². The number of hydrogen-bond acceptors (Lipinski definition) is 7. The molecule has 1 N–H and O–H groups in total. The average Bonchev–Trinajstić information content (AvgIpc) is 3.09. The van der Waals surface area contributed by atoms with Gasteiger partial charge in [0.05, 0.1) is 6.26 Å². The molecule has 7 heteroatoms. The van der Waals surface area contributed by atoms with Gasteiger partial charge in [0.2, 0.25) is 11.0 Å². The molecule has 0 fully saturated rings. The molecule has 4 rings (SSSR count). The zero-order valence-electron chi connectivity index (χ0n) is 13.5. The number of nitrogens with one attached hydrogen (secondary N) is 1. The smallest absolute Gasteiger partial charge is 0.247 e. The van der Waals surface area contributed by atoms with Crippen LogP contribution in [0.1, 0.15) is 12.7 Å². The molecule has 25 heavy (non-hydrogen) atoms. The summed E-state index contributed by atoms with van der Waals surface area (Å²) in [5, 5.41) is 12.5. The number of nitrogens with zero attached hydrogens (tertiary/aromatic N) is 3. The highest BCUT2D eigenvalue weighted by Crippen LogP contribution is 2.36. The van der Waals surface area contributed by atoms with E-state index < -0.39 is 6.23 Å². The first kappa shape index (κ1) is 15.7. The summed E-state index contributed by atoms with van der Waals surface area (Å²) in [5.41, 5.74) is 2.47. The van der Waals surface area contributed by atoms with Gasteiger partial charge in [-0.15, -0.1) is 10.2 Å². The van der Waals surface area contributed by atoms with E-state index in [0.29, 0.717) is 16.7 Å². The number of furan rings is 1. The number of thioether (sulfide) groups is 1. The van der Waals surface area contributed by atoms with Crippen molar-refractivity contribution in [2.45, 2.75) is 18.3 Å². The lowest BCUT2D eigenvalue weighted by molar-refractivity contribution is 0.266. The van der Waals surface area contributed by atoms with E-state index in [2.05, 4.69) is 20.5 Å². The maximum absolute atomic E-state index is 6.06. The molecule has 0 amide bonds. The maximum Gasteiger partial charge on any atom is 0.247 e. The van der Waals surface area contributed by atoms with Crippen LogP contribution in [-0.2, 0) is 0 Å². The highest BCUT2D eigenvalue weighted by Gasteiger charge is 2.23. The van der Waals surface area contributed by atoms with Crippen LogP contribution in [0.15, 0.2) is 58.3 Å². The molecule has 2 aromatic heterocycles. The fourth-order valence-electron chi connectivity index (χ4n) is 2.51. The van der Waals surface area contributed by atoms with Gasteiger partial charge in [0, 0.05) is 11.3 Å². The van der Waals surface area contributed by atoms with Crippen molar-refractivity contribution in [2.75, 3.05) is 11.1 Å². The van der Waals surface area contributed by atoms with Crippen molar-refractivity contribution in [3.8, 4) is 17.1 Å². The van der Waals surface area contributed by atoms with Crippen molar-refractivity contribution >= 4 is 23.5 Å². The lowest BCUT2D eigenvalue weighted by Gasteiger charge is -2.15. The van der Waals surface area contributed by atoms with E-state index in [9.17, 15) is 0 Å². The van der Waals surface area contributed by atoms with Crippen LogP contribution in [0.25, 0.3) is 17.3 Å². The van der Waals surface area contributed by atoms with Crippen LogP contribution in [0.5, 0.6) is 5.88 Å². The summed E-state index contributed by atoms with van der Waals surface area (Å²) in [5.74, 6) is 2.10. The number of benzene rings is 1. The molecular weight excluding hydrogens is 336 g/mol. The van der Waals surface area contributed by atoms with Gasteiger partial charge < -0.3 is 14.5 Å². The third-order valence-electron chi connectivity index (χ3n) is 3.61. The quantitative estimate of drug-likeness (QED) is 0.709. The average molecular weight is 352 g/mol. The lowest BCUT2D eigenvalue weighted by atomic mass is 10.1. The van der Waals surface area contributed by atoms with Crippen molar-refractivity contribution in [3.63, 3.8) is 0 Å². The molecule has 1 aromatic carbocycles. The fourth-order valence-corrected chi connectivity index (χ4v) is 3.02. The summed E-state index contributed by atoms with van der Waals surface area (Å²) in [6.07, 6.45) is 4.99. The number of para-hydroxylation sites is 1. The van der Waals surface area contributed by atoms with E-state index in [0.717, 1.165) is 22.8 Å². The number of anilines is 1. The second-order valence-electron chi connectivity index (χ2n) is 5.28. The molecule has 3 heterocycles. The molecule has 0 saturated carbocycles. The minimum atomic E-state index is -0.399. The Morgan fingerprint density at radius 1 is 1.20 bits per heavy atom. The second-order valence-corrected chi connectivity index (χ2v) is 6.52. The molecule has 0 saturated heterocycles. The van der Waals surface area contributed by atoms with Crippen LogP contribution in [0, 0.1) is 0 Å². The highest BCUT2D eigenvalue weighted by atomic mass is 32.2. The van der Waals surface area contributed by atoms with Gasteiger partial charge in [-0.1, -0.05) is 36.9 Å². The fraction of sp³-hybridized carbons (Fsp3) is 0.167. The van der Waals surface area contributed by atoms with Crippen molar-refractivity contribution in [2.24, 2.45) is 0 Å². The molecule has 1 aliphatic heterocycles. The third kappa shape index (κ3) is 3.36. The van der Waals surface area contributed by atoms with E-state index in [1.165, 1.54) is 11.8 Å². The first-order valence-corrected chi connectivity index (χ1v) is 8.94. The molecule has 126 valence electrons. The number of rotatable bonds is 4.